The first-order valence-electron chi connectivity index (χ1n) is 6.61. The Balaban J connectivity index is 0.000001000. The number of aromatic nitrogens is 1. The molecule has 0 radical (unpaired) electrons. The van der Waals surface area contributed by atoms with Crippen molar-refractivity contribution in [2.45, 2.75) is 25.2 Å². The summed E-state index contributed by atoms with van der Waals surface area (Å²) in [5.74, 6) is 0.730. The molecule has 0 saturated carbocycles. The summed E-state index contributed by atoms with van der Waals surface area (Å²) in [6.45, 7) is 2.30. The molecule has 0 unspecified atom stereocenters. The molecule has 0 amide bonds. The highest BCUT2D eigenvalue weighted by atomic mass is 35.5. The highest BCUT2D eigenvalue weighted by Crippen LogP contribution is 2.30. The summed E-state index contributed by atoms with van der Waals surface area (Å²) in [4.78, 5) is 6.06. The third kappa shape index (κ3) is 4.45. The maximum absolute atomic E-state index is 4.58. The van der Waals surface area contributed by atoms with Crippen molar-refractivity contribution in [3.8, 4) is 0 Å². The van der Waals surface area contributed by atoms with Gasteiger partial charge in [0.2, 0.25) is 0 Å². The lowest BCUT2D eigenvalue weighted by atomic mass is 9.97. The summed E-state index contributed by atoms with van der Waals surface area (Å²) < 4.78 is 0. The zero-order valence-corrected chi connectivity index (χ0v) is 13.7. The normalized spacial score (nSPS) is 15.2. The van der Waals surface area contributed by atoms with E-state index in [1.807, 2.05) is 11.3 Å². The molecule has 1 aliphatic heterocycles. The Hall–Kier alpha value is -0.610. The van der Waals surface area contributed by atoms with Crippen molar-refractivity contribution in [3.63, 3.8) is 0 Å². The van der Waals surface area contributed by atoms with Crippen LogP contribution in [0.3, 0.4) is 0 Å². The van der Waals surface area contributed by atoms with Crippen molar-refractivity contribution in [2.75, 3.05) is 13.1 Å². The average molecular weight is 331 g/mol. The van der Waals surface area contributed by atoms with Gasteiger partial charge in [0.15, 0.2) is 0 Å². The minimum atomic E-state index is 0. The fraction of sp³-hybridized carbons (Fsp3) is 0.400. The lowest BCUT2D eigenvalue weighted by Crippen LogP contribution is -2.26. The summed E-state index contributed by atoms with van der Waals surface area (Å²) >= 11 is 1.90. The number of piperidine rings is 1. The van der Waals surface area contributed by atoms with Crippen LogP contribution in [0.25, 0.3) is 0 Å². The first-order chi connectivity index (χ1) is 8.92. The SMILES string of the molecule is Cl.Cl.c1ccc(Cc2ncc(C3CCNCC3)s2)cc1. The molecule has 0 bridgehead atoms. The zero-order valence-electron chi connectivity index (χ0n) is 11.2. The molecular formula is C15H20Cl2N2S. The van der Waals surface area contributed by atoms with Gasteiger partial charge in [0.05, 0.1) is 5.01 Å². The Morgan fingerprint density at radius 2 is 1.80 bits per heavy atom. The third-order valence-corrected chi connectivity index (χ3v) is 4.67. The fourth-order valence-corrected chi connectivity index (χ4v) is 3.60. The molecule has 2 nitrogen and oxygen atoms in total. The molecule has 1 fully saturated rings. The minimum absolute atomic E-state index is 0. The molecule has 20 heavy (non-hydrogen) atoms. The highest BCUT2D eigenvalue weighted by molar-refractivity contribution is 7.11. The minimum Gasteiger partial charge on any atom is -0.317 e. The third-order valence-electron chi connectivity index (χ3n) is 3.51. The molecule has 1 aromatic heterocycles. The van der Waals surface area contributed by atoms with Crippen molar-refractivity contribution >= 4 is 36.2 Å². The molecule has 110 valence electrons. The molecule has 5 heteroatoms. The molecule has 2 heterocycles. The fourth-order valence-electron chi connectivity index (χ4n) is 2.47. The largest absolute Gasteiger partial charge is 0.317 e. The van der Waals surface area contributed by atoms with E-state index in [4.69, 9.17) is 0 Å². The summed E-state index contributed by atoms with van der Waals surface area (Å²) in [7, 11) is 0. The Bertz CT molecular complexity index is 496. The lowest BCUT2D eigenvalue weighted by Gasteiger charge is -2.20. The van der Waals surface area contributed by atoms with Gasteiger partial charge in [0.25, 0.3) is 0 Å². The molecule has 0 aliphatic carbocycles. The summed E-state index contributed by atoms with van der Waals surface area (Å²) in [6, 6.07) is 10.6. The molecule has 3 rings (SSSR count). The van der Waals surface area contributed by atoms with Crippen LogP contribution >= 0.6 is 36.2 Å². The van der Waals surface area contributed by atoms with Crippen LogP contribution in [0.4, 0.5) is 0 Å². The average Bonchev–Trinajstić information content (AvgIpc) is 2.89. The molecule has 2 aromatic rings. The maximum atomic E-state index is 4.58. The molecule has 1 aromatic carbocycles. The van der Waals surface area contributed by atoms with Gasteiger partial charge in [-0.2, -0.15) is 0 Å². The number of hydrogen-bond donors (Lipinski definition) is 1. The van der Waals surface area contributed by atoms with Gasteiger partial charge < -0.3 is 5.32 Å². The van der Waals surface area contributed by atoms with E-state index < -0.39 is 0 Å². The predicted molar refractivity (Wildman–Crippen MR) is 90.7 cm³/mol. The number of hydrogen-bond acceptors (Lipinski definition) is 3. The summed E-state index contributed by atoms with van der Waals surface area (Å²) in [5.41, 5.74) is 1.35. The second kappa shape index (κ2) is 8.63. The van der Waals surface area contributed by atoms with Gasteiger partial charge in [-0.15, -0.1) is 36.2 Å². The first-order valence-corrected chi connectivity index (χ1v) is 7.43. The topological polar surface area (TPSA) is 24.9 Å². The maximum Gasteiger partial charge on any atom is 0.0971 e. The van der Waals surface area contributed by atoms with Gasteiger partial charge in [-0.1, -0.05) is 30.3 Å². The van der Waals surface area contributed by atoms with Crippen LogP contribution in [0.1, 0.15) is 34.2 Å². The molecule has 1 aliphatic rings. The van der Waals surface area contributed by atoms with E-state index >= 15 is 0 Å². The summed E-state index contributed by atoms with van der Waals surface area (Å²) in [6.07, 6.45) is 5.58. The predicted octanol–water partition coefficient (Wildman–Crippen LogP) is 4.04. The quantitative estimate of drug-likeness (QED) is 0.918. The lowest BCUT2D eigenvalue weighted by molar-refractivity contribution is 0.465. The van der Waals surface area contributed by atoms with Gasteiger partial charge in [-0.05, 0) is 37.4 Å². The van der Waals surface area contributed by atoms with Crippen molar-refractivity contribution in [2.24, 2.45) is 0 Å². The van der Waals surface area contributed by atoms with Crippen LogP contribution < -0.4 is 5.32 Å². The van der Waals surface area contributed by atoms with Crippen molar-refractivity contribution in [1.82, 2.24) is 10.3 Å². The van der Waals surface area contributed by atoms with E-state index in [9.17, 15) is 0 Å². The van der Waals surface area contributed by atoms with Crippen LogP contribution in [0.15, 0.2) is 36.5 Å². The van der Waals surface area contributed by atoms with Gasteiger partial charge in [-0.3, -0.25) is 0 Å². The van der Waals surface area contributed by atoms with Gasteiger partial charge in [0, 0.05) is 17.5 Å². The second-order valence-corrected chi connectivity index (χ2v) is 5.99. The second-order valence-electron chi connectivity index (χ2n) is 4.84. The zero-order chi connectivity index (χ0) is 12.2. The first kappa shape index (κ1) is 17.4. The van der Waals surface area contributed by atoms with Crippen LogP contribution in [0.2, 0.25) is 0 Å². The van der Waals surface area contributed by atoms with Crippen LogP contribution in [0, 0.1) is 0 Å². The standard InChI is InChI=1S/C15H18N2S.2ClH/c1-2-4-12(5-3-1)10-15-17-11-14(18-15)13-6-8-16-9-7-13;;/h1-5,11,13,16H,6-10H2;2*1H. The molecule has 0 atom stereocenters. The highest BCUT2D eigenvalue weighted by Gasteiger charge is 2.17. The Labute approximate surface area is 136 Å². The van der Waals surface area contributed by atoms with E-state index in [-0.39, 0.29) is 24.8 Å². The Morgan fingerprint density at radius 1 is 1.10 bits per heavy atom. The van der Waals surface area contributed by atoms with Crippen LogP contribution in [-0.4, -0.2) is 18.1 Å². The van der Waals surface area contributed by atoms with Crippen molar-refractivity contribution < 1.29 is 0 Å². The number of halogens is 2. The molecular weight excluding hydrogens is 311 g/mol. The monoisotopic (exact) mass is 330 g/mol. The van der Waals surface area contributed by atoms with Crippen molar-refractivity contribution in [3.05, 3.63) is 52.0 Å². The van der Waals surface area contributed by atoms with Gasteiger partial charge >= 0.3 is 0 Å². The van der Waals surface area contributed by atoms with Crippen LogP contribution in [0.5, 0.6) is 0 Å². The number of benzene rings is 1. The molecule has 1 saturated heterocycles. The number of nitrogens with one attached hydrogen (secondary N) is 1. The smallest absolute Gasteiger partial charge is 0.0971 e. The van der Waals surface area contributed by atoms with E-state index in [1.54, 1.807) is 0 Å². The van der Waals surface area contributed by atoms with E-state index in [2.05, 4.69) is 46.8 Å². The number of nitrogens with zero attached hydrogens (tertiary/aromatic N) is 1. The summed E-state index contributed by atoms with van der Waals surface area (Å²) in [5, 5.41) is 4.66. The van der Waals surface area contributed by atoms with E-state index in [1.165, 1.54) is 28.3 Å². The van der Waals surface area contributed by atoms with E-state index in [0.717, 1.165) is 25.4 Å². The number of thiazole rings is 1. The number of rotatable bonds is 3. The Morgan fingerprint density at radius 3 is 2.50 bits per heavy atom. The van der Waals surface area contributed by atoms with Gasteiger partial charge in [-0.25, -0.2) is 4.98 Å². The Kier molecular flexibility index (Phi) is 7.52. The van der Waals surface area contributed by atoms with E-state index in [0.29, 0.717) is 0 Å². The molecule has 1 N–H and O–H groups in total. The van der Waals surface area contributed by atoms with Gasteiger partial charge in [0.1, 0.15) is 0 Å². The van der Waals surface area contributed by atoms with Crippen LogP contribution in [-0.2, 0) is 6.42 Å². The van der Waals surface area contributed by atoms with Crippen molar-refractivity contribution in [1.29, 1.82) is 0 Å². The molecule has 0 spiro atoms.